The summed E-state index contributed by atoms with van der Waals surface area (Å²) in [6, 6.07) is 5.67. The maximum absolute atomic E-state index is 7.17. The molecule has 0 aliphatic rings. The van der Waals surface area contributed by atoms with Crippen molar-refractivity contribution in [3.63, 3.8) is 0 Å². The van der Waals surface area contributed by atoms with Gasteiger partial charge in [0.2, 0.25) is 0 Å². The molecule has 0 aliphatic heterocycles. The molecule has 0 bridgehead atoms. The molecule has 1 rings (SSSR count). The Balaban J connectivity index is 3.09. The molecule has 0 aromatic heterocycles. The first kappa shape index (κ1) is 8.74. The van der Waals surface area contributed by atoms with Crippen molar-refractivity contribution < 1.29 is 0 Å². The second-order valence-corrected chi connectivity index (χ2v) is 2.59. The van der Waals surface area contributed by atoms with Gasteiger partial charge in [0, 0.05) is 24.0 Å². The highest BCUT2D eigenvalue weighted by molar-refractivity contribution is 5.86. The molecular formula is C9H13N3. The SMILES string of the molecule is CNCc1cccc(N)c1C=N. The lowest BCUT2D eigenvalue weighted by Crippen LogP contribution is -2.08. The van der Waals surface area contributed by atoms with Gasteiger partial charge in [0.1, 0.15) is 0 Å². The molecule has 0 aliphatic carbocycles. The second kappa shape index (κ2) is 3.88. The predicted octanol–water partition coefficient (Wildman–Crippen LogP) is 0.986. The van der Waals surface area contributed by atoms with Crippen LogP contribution >= 0.6 is 0 Å². The summed E-state index contributed by atoms with van der Waals surface area (Å²) < 4.78 is 0. The maximum atomic E-state index is 7.17. The van der Waals surface area contributed by atoms with Crippen molar-refractivity contribution in [2.45, 2.75) is 6.54 Å². The van der Waals surface area contributed by atoms with Gasteiger partial charge < -0.3 is 16.5 Å². The topological polar surface area (TPSA) is 61.9 Å². The number of hydrogen-bond acceptors (Lipinski definition) is 3. The second-order valence-electron chi connectivity index (χ2n) is 2.59. The summed E-state index contributed by atoms with van der Waals surface area (Å²) in [5.41, 5.74) is 8.22. The van der Waals surface area contributed by atoms with Crippen molar-refractivity contribution in [3.05, 3.63) is 29.3 Å². The van der Waals surface area contributed by atoms with E-state index < -0.39 is 0 Å². The number of nitrogens with two attached hydrogens (primary N) is 1. The van der Waals surface area contributed by atoms with Crippen LogP contribution in [0.5, 0.6) is 0 Å². The largest absolute Gasteiger partial charge is 0.398 e. The Morgan fingerprint density at radius 3 is 2.92 bits per heavy atom. The van der Waals surface area contributed by atoms with E-state index in [0.29, 0.717) is 5.69 Å². The van der Waals surface area contributed by atoms with Crippen molar-refractivity contribution in [2.75, 3.05) is 12.8 Å². The number of nitrogen functional groups attached to an aromatic ring is 1. The minimum absolute atomic E-state index is 0.665. The van der Waals surface area contributed by atoms with E-state index in [-0.39, 0.29) is 0 Å². The van der Waals surface area contributed by atoms with Crippen molar-refractivity contribution in [3.8, 4) is 0 Å². The van der Waals surface area contributed by atoms with E-state index in [0.717, 1.165) is 17.7 Å². The Morgan fingerprint density at radius 2 is 2.33 bits per heavy atom. The minimum atomic E-state index is 0.665. The zero-order valence-corrected chi connectivity index (χ0v) is 7.09. The van der Waals surface area contributed by atoms with Gasteiger partial charge in [-0.05, 0) is 18.7 Å². The van der Waals surface area contributed by atoms with Crippen LogP contribution < -0.4 is 11.1 Å². The molecule has 0 spiro atoms. The number of anilines is 1. The lowest BCUT2D eigenvalue weighted by atomic mass is 10.1. The average Bonchev–Trinajstić information content (AvgIpc) is 2.05. The van der Waals surface area contributed by atoms with Crippen LogP contribution in [0, 0.1) is 5.41 Å². The number of hydrogen-bond donors (Lipinski definition) is 3. The molecule has 1 aromatic rings. The molecule has 0 saturated heterocycles. The van der Waals surface area contributed by atoms with Crippen LogP contribution in [0.25, 0.3) is 0 Å². The fourth-order valence-electron chi connectivity index (χ4n) is 1.15. The van der Waals surface area contributed by atoms with E-state index in [4.69, 9.17) is 11.1 Å². The third kappa shape index (κ3) is 1.62. The van der Waals surface area contributed by atoms with Gasteiger partial charge in [0.05, 0.1) is 0 Å². The summed E-state index contributed by atoms with van der Waals surface area (Å²) in [6.45, 7) is 0.746. The van der Waals surface area contributed by atoms with Gasteiger partial charge in [-0.25, -0.2) is 0 Å². The van der Waals surface area contributed by atoms with Gasteiger partial charge in [-0.2, -0.15) is 0 Å². The molecule has 12 heavy (non-hydrogen) atoms. The van der Waals surface area contributed by atoms with Crippen LogP contribution in [0.2, 0.25) is 0 Å². The highest BCUT2D eigenvalue weighted by Crippen LogP contribution is 2.13. The molecule has 0 radical (unpaired) electrons. The van der Waals surface area contributed by atoms with Crippen molar-refractivity contribution in [1.82, 2.24) is 5.32 Å². The van der Waals surface area contributed by atoms with Crippen molar-refractivity contribution >= 4 is 11.9 Å². The molecule has 0 saturated carbocycles. The zero-order chi connectivity index (χ0) is 8.97. The van der Waals surface area contributed by atoms with E-state index in [1.54, 1.807) is 6.07 Å². The highest BCUT2D eigenvalue weighted by atomic mass is 14.8. The molecule has 0 heterocycles. The lowest BCUT2D eigenvalue weighted by Gasteiger charge is -2.06. The van der Waals surface area contributed by atoms with E-state index in [1.807, 2.05) is 19.2 Å². The van der Waals surface area contributed by atoms with Crippen LogP contribution in [0.4, 0.5) is 5.69 Å². The Morgan fingerprint density at radius 1 is 1.58 bits per heavy atom. The summed E-state index contributed by atoms with van der Waals surface area (Å²) >= 11 is 0. The molecule has 4 N–H and O–H groups in total. The van der Waals surface area contributed by atoms with Gasteiger partial charge >= 0.3 is 0 Å². The molecular weight excluding hydrogens is 150 g/mol. The van der Waals surface area contributed by atoms with E-state index in [1.165, 1.54) is 6.21 Å². The first-order valence-corrected chi connectivity index (χ1v) is 3.82. The third-order valence-electron chi connectivity index (χ3n) is 1.74. The molecule has 1 aromatic carbocycles. The van der Waals surface area contributed by atoms with Crippen LogP contribution in [-0.2, 0) is 6.54 Å². The van der Waals surface area contributed by atoms with Gasteiger partial charge in [-0.1, -0.05) is 12.1 Å². The lowest BCUT2D eigenvalue weighted by molar-refractivity contribution is 0.817. The average molecular weight is 163 g/mol. The van der Waals surface area contributed by atoms with Crippen molar-refractivity contribution in [2.24, 2.45) is 0 Å². The van der Waals surface area contributed by atoms with Crippen LogP contribution in [0.15, 0.2) is 18.2 Å². The summed E-state index contributed by atoms with van der Waals surface area (Å²) in [6.07, 6.45) is 1.29. The van der Waals surface area contributed by atoms with Crippen molar-refractivity contribution in [1.29, 1.82) is 5.41 Å². The molecule has 0 unspecified atom stereocenters. The number of rotatable bonds is 3. The summed E-state index contributed by atoms with van der Waals surface area (Å²) in [5, 5.41) is 10.2. The Hall–Kier alpha value is -1.35. The van der Waals surface area contributed by atoms with E-state index in [2.05, 4.69) is 5.32 Å². The zero-order valence-electron chi connectivity index (χ0n) is 7.09. The predicted molar refractivity (Wildman–Crippen MR) is 51.5 cm³/mol. The fourth-order valence-corrected chi connectivity index (χ4v) is 1.15. The molecule has 64 valence electrons. The maximum Gasteiger partial charge on any atom is 0.0406 e. The van der Waals surface area contributed by atoms with E-state index in [9.17, 15) is 0 Å². The smallest absolute Gasteiger partial charge is 0.0406 e. The van der Waals surface area contributed by atoms with Gasteiger partial charge in [-0.3, -0.25) is 0 Å². The molecule has 0 fully saturated rings. The first-order valence-electron chi connectivity index (χ1n) is 3.82. The van der Waals surface area contributed by atoms with Crippen LogP contribution in [0.3, 0.4) is 0 Å². The minimum Gasteiger partial charge on any atom is -0.398 e. The standard InChI is InChI=1S/C9H13N3/c1-12-6-7-3-2-4-9(11)8(7)5-10/h2-5,10,12H,6,11H2,1H3. The summed E-state index contributed by atoms with van der Waals surface area (Å²) in [5.74, 6) is 0. The fraction of sp³-hybridized carbons (Fsp3) is 0.222. The molecule has 0 amide bonds. The third-order valence-corrected chi connectivity index (χ3v) is 1.74. The number of nitrogens with one attached hydrogen (secondary N) is 2. The van der Waals surface area contributed by atoms with Gasteiger partial charge in [-0.15, -0.1) is 0 Å². The van der Waals surface area contributed by atoms with Crippen LogP contribution in [-0.4, -0.2) is 13.3 Å². The van der Waals surface area contributed by atoms with Gasteiger partial charge in [0.25, 0.3) is 0 Å². The number of benzene rings is 1. The molecule has 3 nitrogen and oxygen atoms in total. The van der Waals surface area contributed by atoms with Crippen LogP contribution in [0.1, 0.15) is 11.1 Å². The normalized spacial score (nSPS) is 9.75. The summed E-state index contributed by atoms with van der Waals surface area (Å²) in [7, 11) is 1.87. The molecule has 0 atom stereocenters. The quantitative estimate of drug-likeness (QED) is 0.459. The molecule has 3 heteroatoms. The Kier molecular flexibility index (Phi) is 2.82. The summed E-state index contributed by atoms with van der Waals surface area (Å²) in [4.78, 5) is 0. The Labute approximate surface area is 72.1 Å². The monoisotopic (exact) mass is 163 g/mol. The van der Waals surface area contributed by atoms with Gasteiger partial charge in [0.15, 0.2) is 0 Å². The highest BCUT2D eigenvalue weighted by Gasteiger charge is 2.01. The first-order chi connectivity index (χ1) is 5.79. The Bertz CT molecular complexity index is 281. The van der Waals surface area contributed by atoms with E-state index >= 15 is 0 Å².